The third kappa shape index (κ3) is 13.6. The van der Waals surface area contributed by atoms with E-state index in [-0.39, 0.29) is 10.2 Å². The number of hydrogen-bond donors (Lipinski definition) is 21. The smallest absolute Gasteiger partial charge is 0.394 e. The molecular formula is C48H74O35Te. The number of aliphatic hydroxyl groups is 20. The quantitative estimate of drug-likeness (QED) is 0.102. The molecule has 35 nitrogen and oxygen atoms in total. The van der Waals surface area contributed by atoms with Gasteiger partial charge in [-0.3, -0.25) is 0 Å². The molecule has 36 heteroatoms. The van der Waals surface area contributed by atoms with Crippen LogP contribution in [0, 0.1) is 0 Å². The zero-order chi connectivity index (χ0) is 60.7. The van der Waals surface area contributed by atoms with E-state index >= 15 is 0 Å². The van der Waals surface area contributed by atoms with E-state index in [4.69, 9.17) is 66.3 Å². The first kappa shape index (κ1) is 66.9. The Labute approximate surface area is 485 Å². The second-order valence-corrected chi connectivity index (χ2v) is 24.4. The van der Waals surface area contributed by atoms with Crippen LogP contribution in [-0.4, -0.2) is 383 Å². The van der Waals surface area contributed by atoms with E-state index in [1.165, 1.54) is 12.1 Å². The van der Waals surface area contributed by atoms with Crippen LogP contribution < -0.4 is 3.61 Å². The Balaban J connectivity index is 1.02. The molecule has 21 saturated heterocycles. The van der Waals surface area contributed by atoms with Crippen LogP contribution >= 0.6 is 0 Å². The summed E-state index contributed by atoms with van der Waals surface area (Å²) in [5, 5.41) is 233. The fraction of sp³-hybridized carbons (Fsp3) is 0.875. The minimum Gasteiger partial charge on any atom is -0.394 e. The molecular weight excluding hydrogens is 1260 g/mol. The van der Waals surface area contributed by atoms with Crippen molar-refractivity contribution in [3.05, 3.63) is 24.3 Å². The molecule has 21 N–H and O–H groups in total. The molecule has 21 heterocycles. The van der Waals surface area contributed by atoms with Gasteiger partial charge in [-0.15, -0.1) is 0 Å². The third-order valence-corrected chi connectivity index (χ3v) is 19.0. The van der Waals surface area contributed by atoms with Crippen LogP contribution in [-0.2, 0) is 66.3 Å². The molecule has 35 atom stereocenters. The summed E-state index contributed by atoms with van der Waals surface area (Å²) in [5.74, 6) is -0.0546. The normalized spacial score (nSPS) is 51.7. The van der Waals surface area contributed by atoms with Gasteiger partial charge in [-0.05, 0) is 0 Å². The topological polar surface area (TPSA) is 554 Å². The number of phenolic OH excluding ortho intramolecular Hbond substituents is 1. The molecule has 0 aliphatic carbocycles. The van der Waals surface area contributed by atoms with E-state index < -0.39 is 276 Å². The van der Waals surface area contributed by atoms with Crippen LogP contribution in [0.3, 0.4) is 0 Å². The first-order valence-corrected chi connectivity index (χ1v) is 29.7. The van der Waals surface area contributed by atoms with E-state index in [2.05, 4.69) is 0 Å². The number of ether oxygens (including phenoxy) is 14. The predicted octanol–water partition coefficient (Wildman–Crippen LogP) is -14.1. The van der Waals surface area contributed by atoms with Gasteiger partial charge in [0.2, 0.25) is 0 Å². The van der Waals surface area contributed by atoms with Crippen molar-refractivity contribution < 1.29 is 174 Å². The van der Waals surface area contributed by atoms with Gasteiger partial charge >= 0.3 is 296 Å². The maximum absolute atomic E-state index is 11.8. The Hall–Kier alpha value is -1.55. The Morgan fingerprint density at radius 3 is 0.619 bits per heavy atom. The van der Waals surface area contributed by atoms with Gasteiger partial charge in [-0.1, -0.05) is 0 Å². The monoisotopic (exact) mass is 1340 g/mol. The molecule has 0 aromatic heterocycles. The molecule has 482 valence electrons. The predicted molar refractivity (Wildman–Crippen MR) is 260 cm³/mol. The molecule has 84 heavy (non-hydrogen) atoms. The molecule has 21 aliphatic rings. The van der Waals surface area contributed by atoms with E-state index in [1.54, 1.807) is 12.1 Å². The van der Waals surface area contributed by atoms with Gasteiger partial charge in [-0.2, -0.15) is 0 Å². The average molecular weight is 1340 g/mol. The number of aromatic hydroxyl groups is 1. The van der Waals surface area contributed by atoms with Crippen LogP contribution in [0.5, 0.6) is 5.75 Å². The number of benzene rings is 1. The van der Waals surface area contributed by atoms with E-state index in [0.29, 0.717) is 3.61 Å². The van der Waals surface area contributed by atoms with Gasteiger partial charge in [0.05, 0.1) is 26.4 Å². The number of rotatable bonds is 9. The fourth-order valence-corrected chi connectivity index (χ4v) is 13.8. The summed E-state index contributed by atoms with van der Waals surface area (Å²) in [6.45, 7) is -6.23. The zero-order valence-electron chi connectivity index (χ0n) is 44.0. The Morgan fingerprint density at radius 1 is 0.250 bits per heavy atom. The van der Waals surface area contributed by atoms with Crippen LogP contribution in [0.4, 0.5) is 0 Å². The van der Waals surface area contributed by atoms with Crippen molar-refractivity contribution in [1.29, 1.82) is 0 Å². The Morgan fingerprint density at radius 2 is 0.429 bits per heavy atom. The molecule has 0 saturated carbocycles. The Kier molecular flexibility index (Phi) is 22.9. The van der Waals surface area contributed by atoms with Crippen molar-refractivity contribution in [2.24, 2.45) is 0 Å². The molecule has 21 aliphatic heterocycles. The van der Waals surface area contributed by atoms with Crippen molar-refractivity contribution in [3.8, 4) is 5.75 Å². The van der Waals surface area contributed by atoms with Gasteiger partial charge in [-0.25, -0.2) is 0 Å². The molecule has 1 aromatic rings. The zero-order valence-corrected chi connectivity index (χ0v) is 46.3. The molecule has 0 spiro atoms. The minimum atomic E-state index is -2.21. The van der Waals surface area contributed by atoms with Crippen molar-refractivity contribution in [1.82, 2.24) is 0 Å². The summed E-state index contributed by atoms with van der Waals surface area (Å²) in [4.78, 5) is 0. The Bertz CT molecular complexity index is 2180. The molecule has 14 bridgehead atoms. The first-order chi connectivity index (χ1) is 40.1. The second kappa shape index (κ2) is 28.7. The summed E-state index contributed by atoms with van der Waals surface area (Å²) in [5.41, 5.74) is 0. The summed E-state index contributed by atoms with van der Waals surface area (Å²) >= 11 is -1.41. The standard InChI is InChI=1S/C48H74O35Te/c49-5-14-35-22(57)29(64)43(71-14)79-37-16(7-51)73-45(31(66)24(37)59)81-39-18(9-53)75-47(33(68)26(39)61)83-41-20(11-84-13-3-1-12(55)2-4-13)76-48(34(69)27(41)62)82-40-19(10-54)74-46(32(67)25(40)60)80-38-17(8-52)72-44(30(65)23(38)58)78-36-15(6-50)70-42(77-35)28(63)21(36)56/h1-4,14-69H,5-11H2/t14-,15-,16-,17-,18-,19-,20-,21-,22+,23-,24+,25-,26+,27-,28-,29+,30-,31+,32-,33-,34-,35-,36-,37-,38-,39-,40-,41-,42-,43-,44-,45-,46-,47-,48-/m1/s1. The fourth-order valence-electron chi connectivity index (χ4n) is 11.1. The molecule has 21 fully saturated rings. The van der Waals surface area contributed by atoms with Crippen molar-refractivity contribution in [2.45, 2.75) is 219 Å². The average Bonchev–Trinajstić information content (AvgIpc) is 2.12. The van der Waals surface area contributed by atoms with Crippen LogP contribution in [0.1, 0.15) is 0 Å². The summed E-state index contributed by atoms with van der Waals surface area (Å²) in [6.07, 6.45) is -69.2. The van der Waals surface area contributed by atoms with Gasteiger partial charge in [0.25, 0.3) is 0 Å². The number of aliphatic hydroxyl groups excluding tert-OH is 20. The number of phenols is 1. The van der Waals surface area contributed by atoms with Gasteiger partial charge < -0.3 is 84.6 Å². The van der Waals surface area contributed by atoms with E-state index in [0.717, 1.165) is 0 Å². The van der Waals surface area contributed by atoms with Gasteiger partial charge in [0, 0.05) is 0 Å². The SMILES string of the molecule is OC[C@H]1O[C@@H]2O[C@H]3[C@H](O)[C@@H](O)[C@@H](O[C@H]4[C@@H](O)[C@H](O)[C@@H](O[C@H]5[C@@H](O)[C@H](O)[C@@H](O[C@H]6[C@@H](O)[C@@H](O)[C@@H](O[C@H]7[C@H](O)[C@@H](O)[C@@H](O[C@H]8[C@H](O)[C@@H](O)[C@@H](O[C@H]1[C@H](O)[C@H]2O)O[C@@H]8CO)O[C@@H]7C[Te]c1ccc(O)cc1)O[C@@H]6CO)O[C@@H]5CO)O[C@@H]4CO)O[C@@H]3CO. The summed E-state index contributed by atoms with van der Waals surface area (Å²) in [7, 11) is 0. The van der Waals surface area contributed by atoms with Crippen molar-refractivity contribution in [3.63, 3.8) is 0 Å². The van der Waals surface area contributed by atoms with Gasteiger partial charge in [0.1, 0.15) is 61.0 Å². The minimum absolute atomic E-state index is 0.00924. The molecule has 0 amide bonds. The van der Waals surface area contributed by atoms with Crippen LogP contribution in [0.25, 0.3) is 0 Å². The number of hydrogen-bond acceptors (Lipinski definition) is 35. The third-order valence-electron chi connectivity index (χ3n) is 15.9. The maximum atomic E-state index is 11.8. The van der Waals surface area contributed by atoms with Gasteiger partial charge in [0.15, 0.2) is 18.9 Å². The van der Waals surface area contributed by atoms with E-state index in [1.807, 2.05) is 0 Å². The van der Waals surface area contributed by atoms with Crippen LogP contribution in [0.2, 0.25) is 4.47 Å². The summed E-state index contributed by atoms with van der Waals surface area (Å²) < 4.78 is 82.1. The molecule has 0 unspecified atom stereocenters. The van der Waals surface area contributed by atoms with Crippen molar-refractivity contribution in [2.75, 3.05) is 39.6 Å². The summed E-state index contributed by atoms with van der Waals surface area (Å²) in [6, 6.07) is 6.03. The molecule has 1 aromatic carbocycles. The van der Waals surface area contributed by atoms with Crippen molar-refractivity contribution >= 4 is 24.5 Å². The molecule has 22 rings (SSSR count). The second-order valence-electron chi connectivity index (χ2n) is 21.3. The first-order valence-electron chi connectivity index (χ1n) is 26.8. The van der Waals surface area contributed by atoms with E-state index in [9.17, 15) is 107 Å². The molecule has 0 radical (unpaired) electrons. The van der Waals surface area contributed by atoms with Crippen LogP contribution in [0.15, 0.2) is 24.3 Å².